The Kier molecular flexibility index (Phi) is 4.68. The lowest BCUT2D eigenvalue weighted by Crippen LogP contribution is -2.18. The van der Waals surface area contributed by atoms with Crippen LogP contribution < -0.4 is 0 Å². The molecule has 0 saturated heterocycles. The Hall–Kier alpha value is -1.24. The topological polar surface area (TPSA) is 3.24 Å². The third kappa shape index (κ3) is 3.86. The van der Waals surface area contributed by atoms with Gasteiger partial charge in [0.1, 0.15) is 0 Å². The molecular formula is C18H27N. The molecule has 1 fully saturated rings. The van der Waals surface area contributed by atoms with Crippen LogP contribution in [0.15, 0.2) is 48.4 Å². The van der Waals surface area contributed by atoms with Crippen molar-refractivity contribution < 1.29 is 0 Å². The number of hydrogen-bond donors (Lipinski definition) is 0. The zero-order valence-corrected chi connectivity index (χ0v) is 12.5. The van der Waals surface area contributed by atoms with Gasteiger partial charge in [-0.2, -0.15) is 0 Å². The molecule has 1 saturated carbocycles. The molecule has 0 amide bonds. The van der Waals surface area contributed by atoms with Gasteiger partial charge in [0, 0.05) is 12.2 Å². The lowest BCUT2D eigenvalue weighted by molar-refractivity contribution is 0.479. The molecule has 19 heavy (non-hydrogen) atoms. The minimum absolute atomic E-state index is 0.715. The summed E-state index contributed by atoms with van der Waals surface area (Å²) in [5, 5.41) is 0. The Labute approximate surface area is 118 Å². The van der Waals surface area contributed by atoms with Crippen LogP contribution in [0, 0.1) is 11.8 Å². The van der Waals surface area contributed by atoms with Crippen molar-refractivity contribution in [1.82, 2.24) is 4.90 Å². The quantitative estimate of drug-likeness (QED) is 0.602. The summed E-state index contributed by atoms with van der Waals surface area (Å²) in [5.74, 6) is 1.46. The predicted molar refractivity (Wildman–Crippen MR) is 83.6 cm³/mol. The number of rotatable bonds is 6. The van der Waals surface area contributed by atoms with Crippen molar-refractivity contribution in [3.63, 3.8) is 0 Å². The molecule has 104 valence electrons. The monoisotopic (exact) mass is 257 g/mol. The second-order valence-corrected chi connectivity index (χ2v) is 6.07. The fourth-order valence-corrected chi connectivity index (χ4v) is 2.75. The van der Waals surface area contributed by atoms with Gasteiger partial charge in [-0.25, -0.2) is 0 Å². The van der Waals surface area contributed by atoms with E-state index in [9.17, 15) is 0 Å². The van der Waals surface area contributed by atoms with E-state index in [1.54, 1.807) is 5.57 Å². The standard InChI is InChI=1S/C18H27N/c1-5-19(16(4)18-10-11-18)13-12-15(3)17-8-6-14(2)7-9-17/h5-6,12,17-18H,1,4,7-11,13H2,2-3H3/b15-12-. The van der Waals surface area contributed by atoms with Crippen LogP contribution in [0.1, 0.15) is 46.0 Å². The molecule has 0 heterocycles. The minimum atomic E-state index is 0.715. The molecule has 0 aromatic carbocycles. The summed E-state index contributed by atoms with van der Waals surface area (Å²) in [4.78, 5) is 2.21. The lowest BCUT2D eigenvalue weighted by atomic mass is 9.85. The SMILES string of the molecule is C=CN(C/C=C(/C)C1CC=C(C)CC1)C(=C)C1CC1. The van der Waals surface area contributed by atoms with E-state index in [0.717, 1.165) is 12.5 Å². The third-order valence-corrected chi connectivity index (χ3v) is 4.53. The highest BCUT2D eigenvalue weighted by atomic mass is 15.1. The summed E-state index contributed by atoms with van der Waals surface area (Å²) in [6.07, 6.45) is 13.1. The summed E-state index contributed by atoms with van der Waals surface area (Å²) < 4.78 is 0. The minimum Gasteiger partial charge on any atom is -0.349 e. The largest absolute Gasteiger partial charge is 0.349 e. The first-order valence-electron chi connectivity index (χ1n) is 7.52. The van der Waals surface area contributed by atoms with Crippen molar-refractivity contribution in [3.05, 3.63) is 48.4 Å². The second-order valence-electron chi connectivity index (χ2n) is 6.07. The Bertz CT molecular complexity index is 409. The molecule has 0 bridgehead atoms. The van der Waals surface area contributed by atoms with Crippen molar-refractivity contribution in [2.45, 2.75) is 46.0 Å². The van der Waals surface area contributed by atoms with E-state index in [1.165, 1.54) is 43.4 Å². The lowest BCUT2D eigenvalue weighted by Gasteiger charge is -2.24. The third-order valence-electron chi connectivity index (χ3n) is 4.53. The molecule has 2 rings (SSSR count). The molecule has 0 aliphatic heterocycles. The normalized spacial score (nSPS) is 23.8. The average Bonchev–Trinajstić information content (AvgIpc) is 3.24. The molecule has 0 radical (unpaired) electrons. The Morgan fingerprint density at radius 3 is 2.63 bits per heavy atom. The highest BCUT2D eigenvalue weighted by molar-refractivity contribution is 5.16. The van der Waals surface area contributed by atoms with Crippen molar-refractivity contribution in [2.24, 2.45) is 11.8 Å². The van der Waals surface area contributed by atoms with Crippen LogP contribution >= 0.6 is 0 Å². The van der Waals surface area contributed by atoms with E-state index < -0.39 is 0 Å². The van der Waals surface area contributed by atoms with E-state index in [1.807, 2.05) is 6.20 Å². The predicted octanol–water partition coefficient (Wildman–Crippen LogP) is 5.05. The van der Waals surface area contributed by atoms with Gasteiger partial charge in [0.05, 0.1) is 0 Å². The van der Waals surface area contributed by atoms with E-state index >= 15 is 0 Å². The van der Waals surface area contributed by atoms with Gasteiger partial charge >= 0.3 is 0 Å². The molecule has 1 atom stereocenters. The van der Waals surface area contributed by atoms with Crippen molar-refractivity contribution in [3.8, 4) is 0 Å². The second kappa shape index (κ2) is 6.27. The number of nitrogens with zero attached hydrogens (tertiary/aromatic N) is 1. The van der Waals surface area contributed by atoms with Crippen molar-refractivity contribution in [1.29, 1.82) is 0 Å². The molecular weight excluding hydrogens is 230 g/mol. The van der Waals surface area contributed by atoms with Gasteiger partial charge in [0.2, 0.25) is 0 Å². The molecule has 2 aliphatic carbocycles. The number of allylic oxidation sites excluding steroid dienone is 4. The zero-order chi connectivity index (χ0) is 13.8. The molecule has 1 unspecified atom stereocenters. The van der Waals surface area contributed by atoms with E-state index in [0.29, 0.717) is 5.92 Å². The van der Waals surface area contributed by atoms with Gasteiger partial charge in [-0.1, -0.05) is 36.5 Å². The van der Waals surface area contributed by atoms with E-state index in [4.69, 9.17) is 0 Å². The van der Waals surface area contributed by atoms with E-state index in [2.05, 4.69) is 44.1 Å². The smallest absolute Gasteiger partial charge is 0.0405 e. The molecule has 2 aliphatic rings. The molecule has 1 nitrogen and oxygen atoms in total. The Balaban J connectivity index is 1.89. The number of hydrogen-bond acceptors (Lipinski definition) is 1. The van der Waals surface area contributed by atoms with Crippen LogP contribution in [0.4, 0.5) is 0 Å². The van der Waals surface area contributed by atoms with Gasteiger partial charge in [-0.15, -0.1) is 0 Å². The van der Waals surface area contributed by atoms with Crippen LogP contribution in [0.25, 0.3) is 0 Å². The van der Waals surface area contributed by atoms with Crippen LogP contribution in [0.3, 0.4) is 0 Å². The summed E-state index contributed by atoms with van der Waals surface area (Å²) in [7, 11) is 0. The van der Waals surface area contributed by atoms with E-state index in [-0.39, 0.29) is 0 Å². The highest BCUT2D eigenvalue weighted by Crippen LogP contribution is 2.37. The maximum atomic E-state index is 4.20. The maximum absolute atomic E-state index is 4.20. The van der Waals surface area contributed by atoms with Crippen LogP contribution in [-0.4, -0.2) is 11.4 Å². The summed E-state index contributed by atoms with van der Waals surface area (Å²) in [6, 6.07) is 0. The van der Waals surface area contributed by atoms with Gasteiger partial charge in [-0.05, 0) is 64.0 Å². The highest BCUT2D eigenvalue weighted by Gasteiger charge is 2.27. The molecule has 0 aromatic heterocycles. The fraction of sp³-hybridized carbons (Fsp3) is 0.556. The maximum Gasteiger partial charge on any atom is 0.0405 e. The first-order valence-corrected chi connectivity index (χ1v) is 7.52. The van der Waals surface area contributed by atoms with Crippen molar-refractivity contribution in [2.75, 3.05) is 6.54 Å². The molecule has 0 aromatic rings. The summed E-state index contributed by atoms with van der Waals surface area (Å²) >= 11 is 0. The van der Waals surface area contributed by atoms with Crippen LogP contribution in [0.2, 0.25) is 0 Å². The summed E-state index contributed by atoms with van der Waals surface area (Å²) in [6.45, 7) is 13.6. The van der Waals surface area contributed by atoms with Gasteiger partial charge in [0.25, 0.3) is 0 Å². The molecule has 1 heteroatoms. The first-order chi connectivity index (χ1) is 9.11. The molecule has 0 N–H and O–H groups in total. The van der Waals surface area contributed by atoms with Crippen LogP contribution in [0.5, 0.6) is 0 Å². The van der Waals surface area contributed by atoms with Crippen molar-refractivity contribution >= 4 is 0 Å². The summed E-state index contributed by atoms with van der Waals surface area (Å²) in [5.41, 5.74) is 4.33. The van der Waals surface area contributed by atoms with Gasteiger partial charge in [0.15, 0.2) is 0 Å². The average molecular weight is 257 g/mol. The van der Waals surface area contributed by atoms with Gasteiger partial charge < -0.3 is 4.90 Å². The zero-order valence-electron chi connectivity index (χ0n) is 12.5. The molecule has 0 spiro atoms. The Morgan fingerprint density at radius 1 is 1.37 bits per heavy atom. The van der Waals surface area contributed by atoms with Crippen LogP contribution in [-0.2, 0) is 0 Å². The van der Waals surface area contributed by atoms with Gasteiger partial charge in [-0.3, -0.25) is 0 Å². The Morgan fingerprint density at radius 2 is 2.11 bits per heavy atom. The fourth-order valence-electron chi connectivity index (χ4n) is 2.75. The first kappa shape index (κ1) is 14.2.